The number of aromatic nitrogens is 2. The van der Waals surface area contributed by atoms with Crippen LogP contribution in [-0.2, 0) is 9.59 Å². The second kappa shape index (κ2) is 12.7. The maximum Gasteiger partial charge on any atom is 0.273 e. The Hall–Kier alpha value is -3.28. The number of ether oxygens (including phenoxy) is 1. The van der Waals surface area contributed by atoms with E-state index in [4.69, 9.17) is 27.9 Å². The minimum atomic E-state index is -2.22. The summed E-state index contributed by atoms with van der Waals surface area (Å²) in [5, 5.41) is 6.42. The lowest BCUT2D eigenvalue weighted by atomic mass is 10.1. The second-order valence-corrected chi connectivity index (χ2v) is 10.1. The summed E-state index contributed by atoms with van der Waals surface area (Å²) >= 11 is 11.3. The van der Waals surface area contributed by atoms with Crippen molar-refractivity contribution in [3.05, 3.63) is 47.5 Å². The molecule has 1 saturated heterocycles. The summed E-state index contributed by atoms with van der Waals surface area (Å²) in [6, 6.07) is 6.63. The molecule has 1 aliphatic heterocycles. The molecular weight excluding hydrogens is 553 g/mol. The summed E-state index contributed by atoms with van der Waals surface area (Å²) in [5.41, 5.74) is -0.867. The van der Waals surface area contributed by atoms with E-state index in [9.17, 15) is 18.4 Å². The van der Waals surface area contributed by atoms with Crippen LogP contribution in [0.2, 0.25) is 5.02 Å². The monoisotopic (exact) mass is 580 g/mol. The van der Waals surface area contributed by atoms with E-state index >= 15 is 0 Å². The third-order valence-electron chi connectivity index (χ3n) is 6.21. The van der Waals surface area contributed by atoms with E-state index in [-0.39, 0.29) is 11.6 Å². The van der Waals surface area contributed by atoms with E-state index in [0.29, 0.717) is 53.3 Å². The molecule has 2 amide bonds. The second-order valence-electron chi connectivity index (χ2n) is 9.33. The fourth-order valence-corrected chi connectivity index (χ4v) is 4.62. The summed E-state index contributed by atoms with van der Waals surface area (Å²) < 4.78 is 33.2. The summed E-state index contributed by atoms with van der Waals surface area (Å²) in [7, 11) is 3.91. The zero-order chi connectivity index (χ0) is 28.1. The molecule has 1 fully saturated rings. The third-order valence-corrected chi connectivity index (χ3v) is 6.69. The van der Waals surface area contributed by atoms with Gasteiger partial charge in [-0.25, -0.2) is 18.7 Å². The maximum atomic E-state index is 13.6. The highest BCUT2D eigenvalue weighted by Gasteiger charge is 2.37. The number of hydrogen-bond donors (Lipinski definition) is 2. The number of carbonyl (C=O) groups is 2. The van der Waals surface area contributed by atoms with Crippen molar-refractivity contribution in [1.29, 1.82) is 0 Å². The van der Waals surface area contributed by atoms with E-state index in [1.807, 2.05) is 19.0 Å². The quantitative estimate of drug-likeness (QED) is 0.258. The number of rotatable bonds is 10. The van der Waals surface area contributed by atoms with Crippen LogP contribution in [0.4, 0.5) is 26.0 Å². The van der Waals surface area contributed by atoms with Crippen molar-refractivity contribution in [2.24, 2.45) is 0 Å². The van der Waals surface area contributed by atoms with Gasteiger partial charge in [0.25, 0.3) is 11.5 Å². The molecule has 3 aromatic rings. The Morgan fingerprint density at radius 2 is 2.05 bits per heavy atom. The predicted molar refractivity (Wildman–Crippen MR) is 147 cm³/mol. The van der Waals surface area contributed by atoms with Gasteiger partial charge in [0.15, 0.2) is 0 Å². The zero-order valence-corrected chi connectivity index (χ0v) is 22.9. The Labute approximate surface area is 234 Å². The van der Waals surface area contributed by atoms with Crippen molar-refractivity contribution in [2.45, 2.75) is 30.9 Å². The molecule has 0 radical (unpaired) electrons. The highest BCUT2D eigenvalue weighted by Crippen LogP contribution is 2.34. The van der Waals surface area contributed by atoms with Crippen LogP contribution in [-0.4, -0.2) is 77.0 Å². The molecule has 2 heterocycles. The largest absolute Gasteiger partial charge is 0.491 e. The summed E-state index contributed by atoms with van der Waals surface area (Å²) in [4.78, 5) is 37.3. The molecule has 2 aromatic carbocycles. The van der Waals surface area contributed by atoms with Gasteiger partial charge in [-0.1, -0.05) is 23.2 Å². The molecule has 2 atom stereocenters. The molecule has 2 unspecified atom stereocenters. The highest BCUT2D eigenvalue weighted by molar-refractivity contribution is 6.31. The molecule has 0 aliphatic carbocycles. The van der Waals surface area contributed by atoms with Gasteiger partial charge in [0.1, 0.15) is 29.8 Å². The fourth-order valence-electron chi connectivity index (χ4n) is 4.32. The van der Waals surface area contributed by atoms with Crippen molar-refractivity contribution >= 4 is 63.1 Å². The van der Waals surface area contributed by atoms with Crippen molar-refractivity contribution in [3.8, 4) is 5.75 Å². The molecule has 208 valence electrons. The Bertz CT molecular complexity index is 1360. The number of nitrogens with zero attached hydrogens (tertiary/aromatic N) is 4. The first-order chi connectivity index (χ1) is 18.6. The van der Waals surface area contributed by atoms with Gasteiger partial charge in [0.05, 0.1) is 22.8 Å². The number of anilines is 3. The molecular formula is C26H28Cl2F2N6O3. The lowest BCUT2D eigenvalue weighted by molar-refractivity contribution is -0.138. The zero-order valence-electron chi connectivity index (χ0n) is 21.4. The van der Waals surface area contributed by atoms with E-state index in [1.54, 1.807) is 12.1 Å². The van der Waals surface area contributed by atoms with Crippen LogP contribution in [0.15, 0.2) is 36.7 Å². The lowest BCUT2D eigenvalue weighted by Gasteiger charge is -2.24. The van der Waals surface area contributed by atoms with Gasteiger partial charge in [-0.05, 0) is 57.6 Å². The Kier molecular flexibility index (Phi) is 9.36. The number of amides is 2. The van der Waals surface area contributed by atoms with Crippen LogP contribution in [0.3, 0.4) is 0 Å². The van der Waals surface area contributed by atoms with Gasteiger partial charge in [0.2, 0.25) is 5.91 Å². The van der Waals surface area contributed by atoms with E-state index in [0.717, 1.165) is 17.9 Å². The normalized spacial score (nSPS) is 16.0. The number of hydrogen-bond acceptors (Lipinski definition) is 7. The Morgan fingerprint density at radius 1 is 1.26 bits per heavy atom. The fraction of sp³-hybridized carbons (Fsp3) is 0.385. The highest BCUT2D eigenvalue weighted by atomic mass is 35.5. The summed E-state index contributed by atoms with van der Waals surface area (Å²) in [6.07, 6.45) is 3.01. The molecule has 9 nitrogen and oxygen atoms in total. The van der Waals surface area contributed by atoms with Crippen molar-refractivity contribution in [1.82, 2.24) is 19.8 Å². The van der Waals surface area contributed by atoms with Gasteiger partial charge < -0.3 is 25.2 Å². The number of carbonyl (C=O) groups excluding carboxylic acids is 2. The molecule has 1 aliphatic rings. The van der Waals surface area contributed by atoms with Crippen LogP contribution >= 0.6 is 23.2 Å². The van der Waals surface area contributed by atoms with Crippen LogP contribution < -0.4 is 15.4 Å². The smallest absolute Gasteiger partial charge is 0.273 e. The number of alkyl halides is 2. The molecule has 2 N–H and O–H groups in total. The Morgan fingerprint density at radius 3 is 2.77 bits per heavy atom. The van der Waals surface area contributed by atoms with Gasteiger partial charge in [0, 0.05) is 30.2 Å². The van der Waals surface area contributed by atoms with E-state index in [2.05, 4.69) is 20.6 Å². The van der Waals surface area contributed by atoms with Crippen LogP contribution in [0, 0.1) is 5.82 Å². The summed E-state index contributed by atoms with van der Waals surface area (Å²) in [6.45, 7) is 1.41. The third kappa shape index (κ3) is 7.03. The SMILES string of the molecule is CN(C)CCCOc1cc2ncnc(Nc3ccc(F)c(Cl)c3)c2cc1NC(=O)C1CCCN1C(=O)C(F)Cl. The van der Waals surface area contributed by atoms with E-state index < -0.39 is 29.3 Å². The minimum Gasteiger partial charge on any atom is -0.491 e. The van der Waals surface area contributed by atoms with Crippen molar-refractivity contribution in [3.63, 3.8) is 0 Å². The van der Waals surface area contributed by atoms with Crippen molar-refractivity contribution in [2.75, 3.05) is 44.4 Å². The lowest BCUT2D eigenvalue weighted by Crippen LogP contribution is -2.45. The molecule has 4 rings (SSSR count). The number of benzene rings is 2. The van der Waals surface area contributed by atoms with Crippen molar-refractivity contribution < 1.29 is 23.1 Å². The number of likely N-dealkylation sites (tertiary alicyclic amines) is 1. The number of fused-ring (bicyclic) bond motifs is 1. The topological polar surface area (TPSA) is 99.7 Å². The first kappa shape index (κ1) is 28.7. The molecule has 0 spiro atoms. The molecule has 0 saturated carbocycles. The van der Waals surface area contributed by atoms with Gasteiger partial charge in [-0.3, -0.25) is 9.59 Å². The number of halogens is 4. The van der Waals surface area contributed by atoms with Gasteiger partial charge in [-0.2, -0.15) is 0 Å². The molecule has 1 aromatic heterocycles. The summed E-state index contributed by atoms with van der Waals surface area (Å²) in [5.74, 6) is -1.22. The van der Waals surface area contributed by atoms with Gasteiger partial charge in [-0.15, -0.1) is 0 Å². The van der Waals surface area contributed by atoms with Crippen LogP contribution in [0.25, 0.3) is 10.9 Å². The first-order valence-corrected chi connectivity index (χ1v) is 13.1. The first-order valence-electron chi connectivity index (χ1n) is 12.3. The average Bonchev–Trinajstić information content (AvgIpc) is 3.39. The number of nitrogens with one attached hydrogen (secondary N) is 2. The minimum absolute atomic E-state index is 0.0529. The molecule has 39 heavy (non-hydrogen) atoms. The average molecular weight is 581 g/mol. The van der Waals surface area contributed by atoms with Crippen LogP contribution in [0.1, 0.15) is 19.3 Å². The maximum absolute atomic E-state index is 13.6. The molecule has 0 bridgehead atoms. The Balaban J connectivity index is 1.66. The van der Waals surface area contributed by atoms with Crippen LogP contribution in [0.5, 0.6) is 5.75 Å². The predicted octanol–water partition coefficient (Wildman–Crippen LogP) is 4.96. The van der Waals surface area contributed by atoms with E-state index in [1.165, 1.54) is 24.5 Å². The standard InChI is InChI=1S/C26H28Cl2F2N6O3/c1-35(2)8-4-10-39-22-13-19-16(24(32-14-31-19)33-15-6-7-18(29)17(27)11-15)12-20(22)34-25(37)21-5-3-9-36(21)26(38)23(28)30/h6-7,11-14,21,23H,3-5,8-10H2,1-2H3,(H,34,37)(H,31,32,33). The van der Waals surface area contributed by atoms with Gasteiger partial charge >= 0.3 is 0 Å². The molecule has 13 heteroatoms.